The van der Waals surface area contributed by atoms with Crippen molar-refractivity contribution < 1.29 is 9.47 Å². The molecular weight excluding hydrogens is 324 g/mol. The van der Waals surface area contributed by atoms with E-state index in [1.165, 1.54) is 31.5 Å². The Morgan fingerprint density at radius 3 is 2.42 bits per heavy atom. The molecular formula is C22H30N2O2. The summed E-state index contributed by atoms with van der Waals surface area (Å²) >= 11 is 0. The third-order valence-electron chi connectivity index (χ3n) is 5.21. The summed E-state index contributed by atoms with van der Waals surface area (Å²) in [5.74, 6) is 1.59. The number of piperidine rings is 1. The van der Waals surface area contributed by atoms with Crippen molar-refractivity contribution >= 4 is 0 Å². The Kier molecular flexibility index (Phi) is 6.53. The highest BCUT2D eigenvalue weighted by molar-refractivity contribution is 5.43. The second-order valence-electron chi connectivity index (χ2n) is 7.21. The molecule has 1 heterocycles. The molecule has 0 spiro atoms. The molecule has 3 rings (SSSR count). The maximum Gasteiger partial charge on any atom is 0.161 e. The van der Waals surface area contributed by atoms with Gasteiger partial charge in [-0.2, -0.15) is 0 Å². The van der Waals surface area contributed by atoms with Crippen LogP contribution in [0.5, 0.6) is 11.5 Å². The van der Waals surface area contributed by atoms with E-state index in [1.807, 2.05) is 24.3 Å². The third-order valence-corrected chi connectivity index (χ3v) is 5.21. The zero-order valence-corrected chi connectivity index (χ0v) is 16.1. The van der Waals surface area contributed by atoms with Crippen molar-refractivity contribution in [3.8, 4) is 11.5 Å². The first-order chi connectivity index (χ1) is 12.7. The van der Waals surface area contributed by atoms with Crippen LogP contribution >= 0.6 is 0 Å². The monoisotopic (exact) mass is 354 g/mol. The molecule has 1 aliphatic heterocycles. The van der Waals surface area contributed by atoms with Crippen molar-refractivity contribution in [2.45, 2.75) is 32.0 Å². The fraction of sp³-hybridized carbons (Fsp3) is 0.455. The van der Waals surface area contributed by atoms with E-state index < -0.39 is 0 Å². The largest absolute Gasteiger partial charge is 0.493 e. The Morgan fingerprint density at radius 2 is 1.73 bits per heavy atom. The zero-order chi connectivity index (χ0) is 18.4. The standard InChI is InChI=1S/C22H30N2O2/c1-23-13-11-20(12-14-23)24(2)16-19-9-10-21(22(15-19)25-3)26-17-18-7-5-4-6-8-18/h4-10,15,20H,11-14,16-17H2,1-3H3. The van der Waals surface area contributed by atoms with Crippen LogP contribution in [0.3, 0.4) is 0 Å². The molecule has 1 saturated heterocycles. The number of hydrogen-bond acceptors (Lipinski definition) is 4. The number of likely N-dealkylation sites (tertiary alicyclic amines) is 1. The molecule has 4 heteroatoms. The number of nitrogens with zero attached hydrogens (tertiary/aromatic N) is 2. The number of hydrogen-bond donors (Lipinski definition) is 0. The van der Waals surface area contributed by atoms with Gasteiger partial charge in [-0.1, -0.05) is 36.4 Å². The summed E-state index contributed by atoms with van der Waals surface area (Å²) < 4.78 is 11.5. The molecule has 1 fully saturated rings. The van der Waals surface area contributed by atoms with E-state index in [4.69, 9.17) is 9.47 Å². The summed E-state index contributed by atoms with van der Waals surface area (Å²) in [7, 11) is 6.13. The highest BCUT2D eigenvalue weighted by Gasteiger charge is 2.20. The molecule has 0 amide bonds. The maximum absolute atomic E-state index is 5.96. The lowest BCUT2D eigenvalue weighted by atomic mass is 10.0. The van der Waals surface area contributed by atoms with Crippen LogP contribution in [0.25, 0.3) is 0 Å². The van der Waals surface area contributed by atoms with E-state index >= 15 is 0 Å². The predicted molar refractivity (Wildman–Crippen MR) is 106 cm³/mol. The molecule has 1 aliphatic rings. The molecule has 0 atom stereocenters. The van der Waals surface area contributed by atoms with E-state index in [1.54, 1.807) is 7.11 Å². The van der Waals surface area contributed by atoms with Crippen LogP contribution < -0.4 is 9.47 Å². The van der Waals surface area contributed by atoms with E-state index in [0.717, 1.165) is 23.6 Å². The van der Waals surface area contributed by atoms with Crippen LogP contribution in [-0.2, 0) is 13.2 Å². The summed E-state index contributed by atoms with van der Waals surface area (Å²) in [6.07, 6.45) is 2.48. The third kappa shape index (κ3) is 4.99. The molecule has 140 valence electrons. The highest BCUT2D eigenvalue weighted by atomic mass is 16.5. The fourth-order valence-corrected chi connectivity index (χ4v) is 3.52. The van der Waals surface area contributed by atoms with Gasteiger partial charge in [-0.3, -0.25) is 4.90 Å². The SMILES string of the molecule is COc1cc(CN(C)C2CCN(C)CC2)ccc1OCc1ccccc1. The lowest BCUT2D eigenvalue weighted by molar-refractivity contribution is 0.139. The number of rotatable bonds is 7. The molecule has 0 saturated carbocycles. The summed E-state index contributed by atoms with van der Waals surface area (Å²) in [5, 5.41) is 0. The highest BCUT2D eigenvalue weighted by Crippen LogP contribution is 2.29. The van der Waals surface area contributed by atoms with Crippen LogP contribution in [0, 0.1) is 0 Å². The first-order valence-electron chi connectivity index (χ1n) is 9.38. The predicted octanol–water partition coefficient (Wildman–Crippen LogP) is 3.80. The molecule has 0 aliphatic carbocycles. The van der Waals surface area contributed by atoms with Gasteiger partial charge in [0.25, 0.3) is 0 Å². The quantitative estimate of drug-likeness (QED) is 0.755. The lowest BCUT2D eigenvalue weighted by Crippen LogP contribution is -2.41. The van der Waals surface area contributed by atoms with E-state index in [-0.39, 0.29) is 0 Å². The van der Waals surface area contributed by atoms with E-state index in [9.17, 15) is 0 Å². The Morgan fingerprint density at radius 1 is 1.00 bits per heavy atom. The Balaban J connectivity index is 1.60. The average molecular weight is 354 g/mol. The van der Waals surface area contributed by atoms with Gasteiger partial charge in [-0.25, -0.2) is 0 Å². The lowest BCUT2D eigenvalue weighted by Gasteiger charge is -2.35. The van der Waals surface area contributed by atoms with Gasteiger partial charge in [0, 0.05) is 12.6 Å². The normalized spacial score (nSPS) is 16.0. The maximum atomic E-state index is 5.96. The van der Waals surface area contributed by atoms with Crippen molar-refractivity contribution in [1.29, 1.82) is 0 Å². The first-order valence-corrected chi connectivity index (χ1v) is 9.38. The first kappa shape index (κ1) is 18.7. The summed E-state index contributed by atoms with van der Waals surface area (Å²) in [6, 6.07) is 17.1. The molecule has 2 aromatic carbocycles. The molecule has 0 radical (unpaired) electrons. The van der Waals surface area contributed by atoms with Gasteiger partial charge in [0.2, 0.25) is 0 Å². The van der Waals surface area contributed by atoms with Gasteiger partial charge in [-0.15, -0.1) is 0 Å². The summed E-state index contributed by atoms with van der Waals surface area (Å²) in [5.41, 5.74) is 2.41. The van der Waals surface area contributed by atoms with Crippen LogP contribution in [-0.4, -0.2) is 50.1 Å². The minimum absolute atomic E-state index is 0.548. The van der Waals surface area contributed by atoms with Crippen molar-refractivity contribution in [3.63, 3.8) is 0 Å². The summed E-state index contributed by atoms with van der Waals surface area (Å²) in [4.78, 5) is 4.87. The molecule has 0 N–H and O–H groups in total. The second-order valence-corrected chi connectivity index (χ2v) is 7.21. The molecule has 4 nitrogen and oxygen atoms in total. The molecule has 0 aromatic heterocycles. The Labute approximate surface area is 157 Å². The van der Waals surface area contributed by atoms with Gasteiger partial charge in [0.15, 0.2) is 11.5 Å². The van der Waals surface area contributed by atoms with Gasteiger partial charge in [-0.05, 0) is 63.3 Å². The molecule has 0 unspecified atom stereocenters. The molecule has 2 aromatic rings. The number of benzene rings is 2. The smallest absolute Gasteiger partial charge is 0.161 e. The van der Waals surface area contributed by atoms with Crippen LogP contribution in [0.15, 0.2) is 48.5 Å². The fourth-order valence-electron chi connectivity index (χ4n) is 3.52. The van der Waals surface area contributed by atoms with Crippen molar-refractivity contribution in [3.05, 3.63) is 59.7 Å². The van der Waals surface area contributed by atoms with E-state index in [2.05, 4.69) is 48.2 Å². The minimum Gasteiger partial charge on any atom is -0.493 e. The van der Waals surface area contributed by atoms with E-state index in [0.29, 0.717) is 12.6 Å². The van der Waals surface area contributed by atoms with Crippen LogP contribution in [0.2, 0.25) is 0 Å². The van der Waals surface area contributed by atoms with Gasteiger partial charge in [0.05, 0.1) is 7.11 Å². The van der Waals surface area contributed by atoms with Gasteiger partial charge >= 0.3 is 0 Å². The number of methoxy groups -OCH3 is 1. The number of ether oxygens (including phenoxy) is 2. The molecule has 0 bridgehead atoms. The average Bonchev–Trinajstić information content (AvgIpc) is 2.68. The van der Waals surface area contributed by atoms with Crippen LogP contribution in [0.1, 0.15) is 24.0 Å². The summed E-state index contributed by atoms with van der Waals surface area (Å²) in [6.45, 7) is 3.85. The van der Waals surface area contributed by atoms with Gasteiger partial charge in [0.1, 0.15) is 6.61 Å². The second kappa shape index (κ2) is 9.06. The molecule has 26 heavy (non-hydrogen) atoms. The topological polar surface area (TPSA) is 24.9 Å². The van der Waals surface area contributed by atoms with Crippen molar-refractivity contribution in [2.75, 3.05) is 34.3 Å². The van der Waals surface area contributed by atoms with Gasteiger partial charge < -0.3 is 14.4 Å². The zero-order valence-electron chi connectivity index (χ0n) is 16.1. The van der Waals surface area contributed by atoms with Crippen molar-refractivity contribution in [2.24, 2.45) is 0 Å². The van der Waals surface area contributed by atoms with Crippen LogP contribution in [0.4, 0.5) is 0 Å². The minimum atomic E-state index is 0.548. The van der Waals surface area contributed by atoms with Crippen molar-refractivity contribution in [1.82, 2.24) is 9.80 Å². The Hall–Kier alpha value is -2.04. The Bertz CT molecular complexity index is 682.